The van der Waals surface area contributed by atoms with Gasteiger partial charge in [-0.15, -0.1) is 11.8 Å². The highest BCUT2D eigenvalue weighted by Gasteiger charge is 2.11. The van der Waals surface area contributed by atoms with Crippen molar-refractivity contribution < 1.29 is 4.79 Å². The van der Waals surface area contributed by atoms with Crippen molar-refractivity contribution in [1.82, 2.24) is 19.9 Å². The quantitative estimate of drug-likeness (QED) is 0.733. The maximum absolute atomic E-state index is 12.3. The lowest BCUT2D eigenvalue weighted by atomic mass is 10.2. The lowest BCUT2D eigenvalue weighted by Crippen LogP contribution is -2.23. The third-order valence-corrected chi connectivity index (χ3v) is 4.11. The van der Waals surface area contributed by atoms with Crippen molar-refractivity contribution in [3.05, 3.63) is 72.4 Å². The van der Waals surface area contributed by atoms with E-state index < -0.39 is 0 Å². The minimum Gasteiger partial charge on any atom is -0.348 e. The number of nitrogens with one attached hydrogen (secondary N) is 1. The molecule has 1 N–H and O–H groups in total. The van der Waals surface area contributed by atoms with E-state index in [2.05, 4.69) is 15.3 Å². The zero-order chi connectivity index (χ0) is 16.1. The normalized spacial score (nSPS) is 10.5. The standard InChI is InChI=1S/C17H16N4OS/c1-23-17-15(3-2-8-19-17)16(22)20-11-13-4-6-14(7-5-13)21-10-9-18-12-21/h2-10,12H,11H2,1H3,(H,20,22). The van der Waals surface area contributed by atoms with Gasteiger partial charge in [0.1, 0.15) is 5.03 Å². The van der Waals surface area contributed by atoms with Gasteiger partial charge >= 0.3 is 0 Å². The Kier molecular flexibility index (Phi) is 4.73. The second kappa shape index (κ2) is 7.11. The lowest BCUT2D eigenvalue weighted by Gasteiger charge is -2.09. The van der Waals surface area contributed by atoms with Gasteiger partial charge in [-0.2, -0.15) is 0 Å². The van der Waals surface area contributed by atoms with E-state index in [-0.39, 0.29) is 5.91 Å². The predicted molar refractivity (Wildman–Crippen MR) is 90.8 cm³/mol. The summed E-state index contributed by atoms with van der Waals surface area (Å²) in [6, 6.07) is 11.6. The third kappa shape index (κ3) is 3.60. The predicted octanol–water partition coefficient (Wildman–Crippen LogP) is 2.92. The minimum absolute atomic E-state index is 0.110. The summed E-state index contributed by atoms with van der Waals surface area (Å²) in [6.07, 6.45) is 8.99. The Bertz CT molecular complexity index is 785. The number of nitrogens with zero attached hydrogens (tertiary/aromatic N) is 3. The molecule has 0 saturated carbocycles. The fourth-order valence-corrected chi connectivity index (χ4v) is 2.75. The van der Waals surface area contributed by atoms with Gasteiger partial charge in [-0.05, 0) is 36.1 Å². The number of imidazole rings is 1. The van der Waals surface area contributed by atoms with Crippen LogP contribution in [0.2, 0.25) is 0 Å². The minimum atomic E-state index is -0.110. The molecule has 0 aliphatic rings. The Morgan fingerprint density at radius 2 is 2.04 bits per heavy atom. The summed E-state index contributed by atoms with van der Waals surface area (Å²) < 4.78 is 1.93. The van der Waals surface area contributed by atoms with Crippen molar-refractivity contribution in [2.75, 3.05) is 6.26 Å². The van der Waals surface area contributed by atoms with Gasteiger partial charge in [0.25, 0.3) is 5.91 Å². The molecule has 23 heavy (non-hydrogen) atoms. The molecular formula is C17H16N4OS. The van der Waals surface area contributed by atoms with Crippen molar-refractivity contribution in [1.29, 1.82) is 0 Å². The van der Waals surface area contributed by atoms with Gasteiger partial charge in [-0.1, -0.05) is 12.1 Å². The SMILES string of the molecule is CSc1ncccc1C(=O)NCc1ccc(-n2ccnc2)cc1. The average Bonchev–Trinajstić information content (AvgIpc) is 3.14. The fraction of sp³-hybridized carbons (Fsp3) is 0.118. The molecule has 0 atom stereocenters. The molecule has 0 aliphatic heterocycles. The molecule has 3 rings (SSSR count). The van der Waals surface area contributed by atoms with Crippen LogP contribution in [0.3, 0.4) is 0 Å². The van der Waals surface area contributed by atoms with Crippen LogP contribution in [0.25, 0.3) is 5.69 Å². The second-order valence-electron chi connectivity index (χ2n) is 4.88. The van der Waals surface area contributed by atoms with Crippen LogP contribution in [0.5, 0.6) is 0 Å². The largest absolute Gasteiger partial charge is 0.348 e. The number of benzene rings is 1. The van der Waals surface area contributed by atoms with Crippen LogP contribution in [0.1, 0.15) is 15.9 Å². The average molecular weight is 324 g/mol. The Labute approximate surface area is 138 Å². The van der Waals surface area contributed by atoms with Crippen molar-refractivity contribution in [3.8, 4) is 5.69 Å². The summed E-state index contributed by atoms with van der Waals surface area (Å²) in [7, 11) is 0. The number of aromatic nitrogens is 3. The van der Waals surface area contributed by atoms with Gasteiger partial charge in [0.2, 0.25) is 0 Å². The molecule has 2 heterocycles. The summed E-state index contributed by atoms with van der Waals surface area (Å²) in [4.78, 5) is 20.5. The molecule has 0 unspecified atom stereocenters. The van der Waals surface area contributed by atoms with Gasteiger partial charge in [-0.25, -0.2) is 9.97 Å². The van der Waals surface area contributed by atoms with Gasteiger partial charge in [0.15, 0.2) is 0 Å². The summed E-state index contributed by atoms with van der Waals surface area (Å²) >= 11 is 1.47. The fourth-order valence-electron chi connectivity index (χ4n) is 2.20. The van der Waals surface area contributed by atoms with Crippen LogP contribution in [-0.2, 0) is 6.54 Å². The highest BCUT2D eigenvalue weighted by molar-refractivity contribution is 7.98. The first kappa shape index (κ1) is 15.3. The van der Waals surface area contributed by atoms with Crippen molar-refractivity contribution >= 4 is 17.7 Å². The van der Waals surface area contributed by atoms with E-state index in [0.29, 0.717) is 12.1 Å². The molecule has 0 spiro atoms. The van der Waals surface area contributed by atoms with Gasteiger partial charge in [-0.3, -0.25) is 4.79 Å². The van der Waals surface area contributed by atoms with E-state index >= 15 is 0 Å². The summed E-state index contributed by atoms with van der Waals surface area (Å²) in [5, 5.41) is 3.67. The van der Waals surface area contributed by atoms with Crippen LogP contribution in [0.4, 0.5) is 0 Å². The molecule has 0 aliphatic carbocycles. The molecule has 5 nitrogen and oxygen atoms in total. The van der Waals surface area contributed by atoms with Gasteiger partial charge in [0.05, 0.1) is 11.9 Å². The molecule has 3 aromatic rings. The van der Waals surface area contributed by atoms with Crippen LogP contribution in [-0.4, -0.2) is 26.7 Å². The highest BCUT2D eigenvalue weighted by Crippen LogP contribution is 2.16. The first-order chi connectivity index (χ1) is 11.3. The van der Waals surface area contributed by atoms with E-state index in [0.717, 1.165) is 16.3 Å². The van der Waals surface area contributed by atoms with Crippen molar-refractivity contribution in [3.63, 3.8) is 0 Å². The van der Waals surface area contributed by atoms with Gasteiger partial charge in [0, 0.05) is 30.8 Å². The first-order valence-electron chi connectivity index (χ1n) is 7.12. The van der Waals surface area contributed by atoms with E-state index in [1.165, 1.54) is 11.8 Å². The van der Waals surface area contributed by atoms with Crippen LogP contribution < -0.4 is 5.32 Å². The number of amides is 1. The van der Waals surface area contributed by atoms with Crippen molar-refractivity contribution in [2.45, 2.75) is 11.6 Å². The maximum Gasteiger partial charge on any atom is 0.254 e. The van der Waals surface area contributed by atoms with Crippen LogP contribution >= 0.6 is 11.8 Å². The molecule has 2 aromatic heterocycles. The number of carbonyl (C=O) groups excluding carboxylic acids is 1. The van der Waals surface area contributed by atoms with E-state index in [4.69, 9.17) is 0 Å². The molecule has 1 amide bonds. The van der Waals surface area contributed by atoms with E-state index in [1.807, 2.05) is 41.3 Å². The molecule has 1 aromatic carbocycles. The zero-order valence-electron chi connectivity index (χ0n) is 12.6. The maximum atomic E-state index is 12.3. The topological polar surface area (TPSA) is 59.8 Å². The molecule has 0 fully saturated rings. The number of hydrogen-bond donors (Lipinski definition) is 1. The van der Waals surface area contributed by atoms with E-state index in [1.54, 1.807) is 30.9 Å². The zero-order valence-corrected chi connectivity index (χ0v) is 13.5. The molecule has 0 bridgehead atoms. The molecule has 0 saturated heterocycles. The first-order valence-corrected chi connectivity index (χ1v) is 8.35. The lowest BCUT2D eigenvalue weighted by molar-refractivity contribution is 0.0947. The third-order valence-electron chi connectivity index (χ3n) is 3.40. The molecule has 6 heteroatoms. The Morgan fingerprint density at radius 3 is 2.74 bits per heavy atom. The van der Waals surface area contributed by atoms with Crippen molar-refractivity contribution in [2.24, 2.45) is 0 Å². The van der Waals surface area contributed by atoms with Gasteiger partial charge < -0.3 is 9.88 Å². The molecular weight excluding hydrogens is 308 g/mol. The Balaban J connectivity index is 1.65. The highest BCUT2D eigenvalue weighted by atomic mass is 32.2. The number of rotatable bonds is 5. The summed E-state index contributed by atoms with van der Waals surface area (Å²) in [6.45, 7) is 0.478. The summed E-state index contributed by atoms with van der Waals surface area (Å²) in [5.74, 6) is -0.110. The molecule has 116 valence electrons. The molecule has 0 radical (unpaired) electrons. The smallest absolute Gasteiger partial charge is 0.254 e. The summed E-state index contributed by atoms with van der Waals surface area (Å²) in [5.41, 5.74) is 2.68. The second-order valence-corrected chi connectivity index (χ2v) is 5.67. The van der Waals surface area contributed by atoms with Crippen LogP contribution in [0, 0.1) is 0 Å². The number of pyridine rings is 1. The Hall–Kier alpha value is -2.60. The van der Waals surface area contributed by atoms with Crippen LogP contribution in [0.15, 0.2) is 66.3 Å². The number of hydrogen-bond acceptors (Lipinski definition) is 4. The number of carbonyl (C=O) groups is 1. The Morgan fingerprint density at radius 1 is 1.22 bits per heavy atom. The van der Waals surface area contributed by atoms with E-state index in [9.17, 15) is 4.79 Å². The number of thioether (sulfide) groups is 1. The monoisotopic (exact) mass is 324 g/mol.